The molecule has 7 rings (SSSR count). The number of fused-ring (bicyclic) bond motifs is 2. The minimum atomic E-state index is -0.800. The topological polar surface area (TPSA) is 3.24 Å². The van der Waals surface area contributed by atoms with E-state index in [2.05, 4.69) is 0 Å². The van der Waals surface area contributed by atoms with E-state index in [-0.39, 0.29) is 11.1 Å². The van der Waals surface area contributed by atoms with Gasteiger partial charge in [-0.2, -0.15) is 0 Å². The van der Waals surface area contributed by atoms with Gasteiger partial charge in [-0.1, -0.05) is 127 Å². The van der Waals surface area contributed by atoms with Crippen molar-refractivity contribution in [2.24, 2.45) is 0 Å². The van der Waals surface area contributed by atoms with E-state index in [0.29, 0.717) is 5.56 Å². The normalized spacial score (nSPS) is 16.8. The highest BCUT2D eigenvalue weighted by Gasteiger charge is 2.16. The van der Waals surface area contributed by atoms with E-state index in [1.54, 1.807) is 18.2 Å². The highest BCUT2D eigenvalue weighted by Crippen LogP contribution is 2.40. The van der Waals surface area contributed by atoms with Gasteiger partial charge in [0.15, 0.2) is 0 Å². The van der Waals surface area contributed by atoms with Gasteiger partial charge in [-0.05, 0) is 74.7 Å². The SMILES string of the molecule is [2H]c1c([2H])c([2H])c(-c2c([2H])c([2H])c(N(c3cccc(-c4ccc5ccccc5c4)c3)c3c([2H])c([2H])c([2H])c4c([2H])c([2H])c([2H])c([2H])c34)c([2H])c2[2H])c([2H])c1[2H]. The van der Waals surface area contributed by atoms with Gasteiger partial charge in [0.2, 0.25) is 0 Å². The molecule has 0 fully saturated rings. The molecular formula is C38H27N. The first-order chi connectivity index (χ1) is 26.0. The Kier molecular flexibility index (Phi) is 2.99. The van der Waals surface area contributed by atoms with Crippen LogP contribution in [0.15, 0.2) is 163 Å². The van der Waals surface area contributed by atoms with Crippen molar-refractivity contribution < 1.29 is 21.9 Å². The van der Waals surface area contributed by atoms with Crippen LogP contribution < -0.4 is 4.90 Å². The van der Waals surface area contributed by atoms with E-state index in [1.165, 1.54) is 6.07 Å². The van der Waals surface area contributed by atoms with Crippen LogP contribution in [-0.2, 0) is 0 Å². The second-order valence-electron chi connectivity index (χ2n) is 8.64. The molecule has 0 aliphatic rings. The molecule has 0 saturated heterocycles. The summed E-state index contributed by atoms with van der Waals surface area (Å²) in [7, 11) is 0. The predicted molar refractivity (Wildman–Crippen MR) is 167 cm³/mol. The Bertz CT molecular complexity index is 2730. The van der Waals surface area contributed by atoms with Gasteiger partial charge in [-0.3, -0.25) is 0 Å². The Balaban J connectivity index is 1.63. The predicted octanol–water partition coefficient (Wildman–Crippen LogP) is 10.8. The van der Waals surface area contributed by atoms with E-state index in [0.717, 1.165) is 21.2 Å². The van der Waals surface area contributed by atoms with Crippen LogP contribution in [0.4, 0.5) is 17.1 Å². The van der Waals surface area contributed by atoms with Crippen molar-refractivity contribution in [2.45, 2.75) is 0 Å². The van der Waals surface area contributed by atoms with Gasteiger partial charge in [-0.25, -0.2) is 0 Å². The molecule has 0 aliphatic heterocycles. The summed E-state index contributed by atoms with van der Waals surface area (Å²) in [6.07, 6.45) is 0. The average molecular weight is 514 g/mol. The van der Waals surface area contributed by atoms with Crippen molar-refractivity contribution in [1.82, 2.24) is 0 Å². The molecule has 0 N–H and O–H groups in total. The van der Waals surface area contributed by atoms with Crippen LogP contribution in [0.3, 0.4) is 0 Å². The quantitative estimate of drug-likeness (QED) is 0.221. The molecule has 7 aromatic carbocycles. The summed E-state index contributed by atoms with van der Waals surface area (Å²) in [6.45, 7) is 0. The monoisotopic (exact) mass is 513 g/mol. The molecule has 0 bridgehead atoms. The number of hydrogen-bond donors (Lipinski definition) is 0. The highest BCUT2D eigenvalue weighted by atomic mass is 15.1. The smallest absolute Gasteiger partial charge is 0.0645 e. The Morgan fingerprint density at radius 3 is 2.00 bits per heavy atom. The Morgan fingerprint density at radius 1 is 0.410 bits per heavy atom. The van der Waals surface area contributed by atoms with Crippen LogP contribution >= 0.6 is 0 Å². The molecule has 0 heterocycles. The summed E-state index contributed by atoms with van der Waals surface area (Å²) in [6, 6.07) is 8.25. The minimum absolute atomic E-state index is 0.0985. The van der Waals surface area contributed by atoms with Crippen LogP contribution in [0.1, 0.15) is 21.9 Å². The molecule has 1 heteroatoms. The van der Waals surface area contributed by atoms with Gasteiger partial charge < -0.3 is 4.90 Å². The third-order valence-electron chi connectivity index (χ3n) is 6.29. The van der Waals surface area contributed by atoms with E-state index < -0.39 is 125 Å². The van der Waals surface area contributed by atoms with Gasteiger partial charge in [0.05, 0.1) is 27.6 Å². The largest absolute Gasteiger partial charge is 0.310 e. The van der Waals surface area contributed by atoms with Crippen molar-refractivity contribution in [3.8, 4) is 22.3 Å². The van der Waals surface area contributed by atoms with Gasteiger partial charge in [-0.15, -0.1) is 0 Å². The summed E-state index contributed by atoms with van der Waals surface area (Å²) in [5, 5.41) is 1.12. The first-order valence-corrected chi connectivity index (χ1v) is 12.1. The molecular weight excluding hydrogens is 470 g/mol. The van der Waals surface area contributed by atoms with Gasteiger partial charge in [0.1, 0.15) is 0 Å². The van der Waals surface area contributed by atoms with Crippen molar-refractivity contribution >= 4 is 38.6 Å². The summed E-state index contributed by atoms with van der Waals surface area (Å²) >= 11 is 0. The summed E-state index contributed by atoms with van der Waals surface area (Å²) in [4.78, 5) is 1.10. The molecule has 1 nitrogen and oxygen atoms in total. The molecule has 0 saturated carbocycles. The first-order valence-electron chi connectivity index (χ1n) is 20.1. The maximum atomic E-state index is 9.32. The van der Waals surface area contributed by atoms with Gasteiger partial charge >= 0.3 is 0 Å². The first kappa shape index (κ1) is 11.7. The standard InChI is InChI=1S/C38H27N/c1-2-10-28(11-3-1)30-22-24-35(25-23-30)39(38-19-9-15-31-13-6-7-18-37(31)38)36-17-8-16-33(27-36)34-21-20-29-12-4-5-14-32(29)26-34/h1-27H/i1D,2D,3D,6D,7D,9D,10D,11D,13D,15D,18D,19D,22D,23D,24D,25D. The number of anilines is 3. The van der Waals surface area contributed by atoms with E-state index in [4.69, 9.17) is 19.2 Å². The third-order valence-corrected chi connectivity index (χ3v) is 6.29. The third kappa shape index (κ3) is 4.45. The fraction of sp³-hybridized carbons (Fsp3) is 0. The molecule has 0 unspecified atom stereocenters. The van der Waals surface area contributed by atoms with Crippen molar-refractivity contribution in [3.05, 3.63) is 163 Å². The maximum absolute atomic E-state index is 9.32. The summed E-state index contributed by atoms with van der Waals surface area (Å²) in [5.74, 6) is 0. The van der Waals surface area contributed by atoms with E-state index in [9.17, 15) is 2.74 Å². The molecule has 0 spiro atoms. The van der Waals surface area contributed by atoms with Crippen LogP contribution in [0.25, 0.3) is 43.8 Å². The second kappa shape index (κ2) is 9.96. The van der Waals surface area contributed by atoms with Crippen LogP contribution in [0, 0.1) is 0 Å². The molecule has 0 amide bonds. The van der Waals surface area contributed by atoms with Crippen LogP contribution in [-0.4, -0.2) is 0 Å². The Hall–Kier alpha value is -5.14. The lowest BCUT2D eigenvalue weighted by molar-refractivity contribution is 1.30. The zero-order valence-electron chi connectivity index (χ0n) is 36.3. The van der Waals surface area contributed by atoms with Crippen molar-refractivity contribution in [3.63, 3.8) is 0 Å². The highest BCUT2D eigenvalue weighted by molar-refractivity contribution is 5.99. The molecule has 0 aromatic heterocycles. The van der Waals surface area contributed by atoms with E-state index in [1.807, 2.05) is 42.5 Å². The maximum Gasteiger partial charge on any atom is 0.0645 e. The molecule has 39 heavy (non-hydrogen) atoms. The number of rotatable bonds is 5. The lowest BCUT2D eigenvalue weighted by Gasteiger charge is -2.27. The number of hydrogen-bond acceptors (Lipinski definition) is 1. The Labute approximate surface area is 251 Å². The van der Waals surface area contributed by atoms with Gasteiger partial charge in [0, 0.05) is 16.8 Å². The lowest BCUT2D eigenvalue weighted by atomic mass is 10.00. The van der Waals surface area contributed by atoms with Crippen molar-refractivity contribution in [2.75, 3.05) is 4.90 Å². The average Bonchev–Trinajstić information content (AvgIpc) is 3.19. The zero-order chi connectivity index (χ0) is 39.9. The minimum Gasteiger partial charge on any atom is -0.310 e. The number of benzene rings is 7. The summed E-state index contributed by atoms with van der Waals surface area (Å²) in [5.41, 5.74) is -0.664. The molecule has 7 aromatic rings. The fourth-order valence-electron chi connectivity index (χ4n) is 4.45. The van der Waals surface area contributed by atoms with Gasteiger partial charge in [0.25, 0.3) is 0 Å². The van der Waals surface area contributed by atoms with Crippen molar-refractivity contribution in [1.29, 1.82) is 0 Å². The molecule has 0 aliphatic carbocycles. The zero-order valence-corrected chi connectivity index (χ0v) is 20.3. The molecule has 184 valence electrons. The van der Waals surface area contributed by atoms with E-state index >= 15 is 0 Å². The van der Waals surface area contributed by atoms with Crippen LogP contribution in [0.2, 0.25) is 0 Å². The van der Waals surface area contributed by atoms with Crippen LogP contribution in [0.5, 0.6) is 0 Å². The summed E-state index contributed by atoms with van der Waals surface area (Å²) < 4.78 is 139. The molecule has 0 atom stereocenters. The fourth-order valence-corrected chi connectivity index (χ4v) is 4.45. The number of nitrogens with zero attached hydrogens (tertiary/aromatic N) is 1. The molecule has 0 radical (unpaired) electrons. The second-order valence-corrected chi connectivity index (χ2v) is 8.64. The lowest BCUT2D eigenvalue weighted by Crippen LogP contribution is -2.10. The Morgan fingerprint density at radius 2 is 1.13 bits per heavy atom.